The molecule has 0 saturated heterocycles. The molecule has 30 heavy (non-hydrogen) atoms. The van der Waals surface area contributed by atoms with Gasteiger partial charge in [0, 0.05) is 16.8 Å². The first-order valence-corrected chi connectivity index (χ1v) is 9.19. The molecule has 148 valence electrons. The van der Waals surface area contributed by atoms with Crippen LogP contribution in [0.3, 0.4) is 0 Å². The summed E-state index contributed by atoms with van der Waals surface area (Å²) in [6.45, 7) is 0. The molecule has 0 spiro atoms. The lowest BCUT2D eigenvalue weighted by Gasteiger charge is -2.10. The van der Waals surface area contributed by atoms with Gasteiger partial charge in [-0.1, -0.05) is 42.5 Å². The lowest BCUT2D eigenvalue weighted by atomic mass is 10.1. The predicted molar refractivity (Wildman–Crippen MR) is 114 cm³/mol. The number of aromatic hydroxyl groups is 1. The minimum Gasteiger partial charge on any atom is -0.507 e. The van der Waals surface area contributed by atoms with Crippen LogP contribution in [0.25, 0.3) is 34.2 Å². The molecule has 0 fully saturated rings. The topological polar surface area (TPSA) is 97.2 Å². The number of methoxy groups -OCH3 is 1. The molecule has 0 unspecified atom stereocenters. The number of carbonyl (C=O) groups is 1. The van der Waals surface area contributed by atoms with Gasteiger partial charge in [0.25, 0.3) is 0 Å². The molecule has 1 aromatic heterocycles. The minimum atomic E-state index is -0.545. The number of carbonyl (C=O) groups excluding carboxylic acids is 1. The molecule has 1 amide bonds. The Kier molecular flexibility index (Phi) is 5.34. The number of anilines is 1. The molecule has 0 aliphatic heterocycles. The van der Waals surface area contributed by atoms with Gasteiger partial charge < -0.3 is 9.84 Å². The van der Waals surface area contributed by atoms with Crippen LogP contribution in [0, 0.1) is 0 Å². The largest absolute Gasteiger partial charge is 0.507 e. The molecule has 0 aliphatic carbocycles. The Bertz CT molecular complexity index is 1180. The summed E-state index contributed by atoms with van der Waals surface area (Å²) in [7, 11) is 1.31. The van der Waals surface area contributed by atoms with Crippen LogP contribution in [0.1, 0.15) is 0 Å². The van der Waals surface area contributed by atoms with E-state index in [1.54, 1.807) is 42.5 Å². The van der Waals surface area contributed by atoms with E-state index in [2.05, 4.69) is 25.0 Å². The average Bonchev–Trinajstić information content (AvgIpc) is 2.80. The Morgan fingerprint density at radius 1 is 0.767 bits per heavy atom. The van der Waals surface area contributed by atoms with Crippen molar-refractivity contribution in [2.75, 3.05) is 12.4 Å². The number of nitrogens with zero attached hydrogens (tertiary/aromatic N) is 3. The number of amides is 1. The lowest BCUT2D eigenvalue weighted by molar-refractivity contribution is 0.187. The Labute approximate surface area is 173 Å². The summed E-state index contributed by atoms with van der Waals surface area (Å²) in [5.74, 6) is 1.40. The average molecular weight is 398 g/mol. The smallest absolute Gasteiger partial charge is 0.411 e. The molecule has 7 heteroatoms. The Hall–Kier alpha value is -4.26. The second-order valence-corrected chi connectivity index (χ2v) is 6.38. The molecule has 0 bridgehead atoms. The van der Waals surface area contributed by atoms with Gasteiger partial charge in [0.05, 0.1) is 12.7 Å². The van der Waals surface area contributed by atoms with Crippen molar-refractivity contribution in [3.63, 3.8) is 0 Å². The van der Waals surface area contributed by atoms with E-state index in [1.807, 2.05) is 36.4 Å². The fourth-order valence-electron chi connectivity index (χ4n) is 2.88. The van der Waals surface area contributed by atoms with Gasteiger partial charge in [-0.05, 0) is 36.4 Å². The number of ether oxygens (including phenoxy) is 1. The second-order valence-electron chi connectivity index (χ2n) is 6.38. The summed E-state index contributed by atoms with van der Waals surface area (Å²) >= 11 is 0. The summed E-state index contributed by atoms with van der Waals surface area (Å²) in [5.41, 5.74) is 2.68. The van der Waals surface area contributed by atoms with Crippen LogP contribution in [0.4, 0.5) is 10.5 Å². The van der Waals surface area contributed by atoms with E-state index < -0.39 is 6.09 Å². The van der Waals surface area contributed by atoms with Gasteiger partial charge in [0.2, 0.25) is 0 Å². The van der Waals surface area contributed by atoms with Crippen molar-refractivity contribution >= 4 is 11.8 Å². The summed E-state index contributed by atoms with van der Waals surface area (Å²) < 4.78 is 4.60. The molecule has 7 nitrogen and oxygen atoms in total. The number of phenolic OH excluding ortho intramolecular Hbond substituents is 1. The van der Waals surface area contributed by atoms with Gasteiger partial charge >= 0.3 is 6.09 Å². The number of para-hydroxylation sites is 1. The minimum absolute atomic E-state index is 0.0892. The first-order chi connectivity index (χ1) is 14.6. The highest BCUT2D eigenvalue weighted by Gasteiger charge is 2.14. The van der Waals surface area contributed by atoms with Crippen LogP contribution in [-0.2, 0) is 4.74 Å². The number of aromatic nitrogens is 3. The van der Waals surface area contributed by atoms with E-state index in [9.17, 15) is 9.90 Å². The van der Waals surface area contributed by atoms with Crippen LogP contribution in [-0.4, -0.2) is 33.3 Å². The highest BCUT2D eigenvalue weighted by atomic mass is 16.5. The third-order valence-electron chi connectivity index (χ3n) is 4.39. The summed E-state index contributed by atoms with van der Waals surface area (Å²) in [5, 5.41) is 12.9. The number of hydrogen-bond acceptors (Lipinski definition) is 6. The third-order valence-corrected chi connectivity index (χ3v) is 4.39. The monoisotopic (exact) mass is 398 g/mol. The van der Waals surface area contributed by atoms with Crippen LogP contribution in [0.2, 0.25) is 0 Å². The quantitative estimate of drug-likeness (QED) is 0.515. The zero-order valence-corrected chi connectivity index (χ0v) is 16.1. The van der Waals surface area contributed by atoms with Gasteiger partial charge in [0.1, 0.15) is 5.75 Å². The maximum absolute atomic E-state index is 11.4. The van der Waals surface area contributed by atoms with Crippen molar-refractivity contribution in [3.05, 3.63) is 78.9 Å². The van der Waals surface area contributed by atoms with Crippen LogP contribution in [0.5, 0.6) is 5.75 Å². The molecule has 2 N–H and O–H groups in total. The summed E-state index contributed by atoms with van der Waals surface area (Å²) in [4.78, 5) is 25.1. The number of hydrogen-bond donors (Lipinski definition) is 2. The van der Waals surface area contributed by atoms with E-state index in [0.717, 1.165) is 11.1 Å². The van der Waals surface area contributed by atoms with Crippen molar-refractivity contribution in [2.45, 2.75) is 0 Å². The fourth-order valence-corrected chi connectivity index (χ4v) is 2.88. The molecule has 1 heterocycles. The SMILES string of the molecule is COC(=O)Nc1ccc(-c2nc(-c3ccccc3)nc(-c3ccccc3O)n2)cc1. The normalized spacial score (nSPS) is 10.4. The molecular formula is C23H18N4O3. The summed E-state index contributed by atoms with van der Waals surface area (Å²) in [6.07, 6.45) is -0.545. The Morgan fingerprint density at radius 3 is 1.97 bits per heavy atom. The number of phenols is 1. The molecule has 3 aromatic carbocycles. The zero-order valence-electron chi connectivity index (χ0n) is 16.1. The third kappa shape index (κ3) is 4.10. The fraction of sp³-hybridized carbons (Fsp3) is 0.0435. The van der Waals surface area contributed by atoms with Crippen molar-refractivity contribution in [1.82, 2.24) is 15.0 Å². The van der Waals surface area contributed by atoms with E-state index in [1.165, 1.54) is 7.11 Å². The van der Waals surface area contributed by atoms with Gasteiger partial charge in [-0.2, -0.15) is 0 Å². The second kappa shape index (κ2) is 8.40. The lowest BCUT2D eigenvalue weighted by Crippen LogP contribution is -2.10. The molecule has 4 rings (SSSR count). The van der Waals surface area contributed by atoms with Crippen molar-refractivity contribution < 1.29 is 14.6 Å². The molecule has 4 aromatic rings. The highest BCUT2D eigenvalue weighted by molar-refractivity contribution is 5.84. The first kappa shape index (κ1) is 19.1. The Morgan fingerprint density at radius 2 is 1.33 bits per heavy atom. The standard InChI is InChI=1S/C23H18N4O3/c1-30-23(29)24-17-13-11-16(12-14-17)21-25-20(15-7-3-2-4-8-15)26-22(27-21)18-9-5-6-10-19(18)28/h2-14,28H,1H3,(H,24,29). The van der Waals surface area contributed by atoms with Crippen molar-refractivity contribution in [1.29, 1.82) is 0 Å². The maximum Gasteiger partial charge on any atom is 0.411 e. The molecule has 0 aliphatic rings. The number of rotatable bonds is 4. The predicted octanol–water partition coefficient (Wildman–Crippen LogP) is 4.76. The van der Waals surface area contributed by atoms with Gasteiger partial charge in [-0.3, -0.25) is 5.32 Å². The van der Waals surface area contributed by atoms with Crippen LogP contribution < -0.4 is 5.32 Å². The van der Waals surface area contributed by atoms with Crippen LogP contribution in [0.15, 0.2) is 78.9 Å². The first-order valence-electron chi connectivity index (χ1n) is 9.19. The Balaban J connectivity index is 1.80. The van der Waals surface area contributed by atoms with Crippen molar-refractivity contribution in [3.8, 4) is 39.9 Å². The van der Waals surface area contributed by atoms with Crippen LogP contribution >= 0.6 is 0 Å². The van der Waals surface area contributed by atoms with Gasteiger partial charge in [0.15, 0.2) is 17.5 Å². The molecule has 0 atom stereocenters. The van der Waals surface area contributed by atoms with E-state index in [-0.39, 0.29) is 5.75 Å². The number of benzene rings is 3. The zero-order chi connectivity index (χ0) is 20.9. The maximum atomic E-state index is 11.4. The molecular weight excluding hydrogens is 380 g/mol. The number of nitrogens with one attached hydrogen (secondary N) is 1. The highest BCUT2D eigenvalue weighted by Crippen LogP contribution is 2.29. The summed E-state index contributed by atoms with van der Waals surface area (Å²) in [6, 6.07) is 23.5. The molecule has 0 saturated carbocycles. The van der Waals surface area contributed by atoms with E-state index in [0.29, 0.717) is 28.7 Å². The molecule has 0 radical (unpaired) electrons. The van der Waals surface area contributed by atoms with E-state index >= 15 is 0 Å². The van der Waals surface area contributed by atoms with E-state index in [4.69, 9.17) is 0 Å². The van der Waals surface area contributed by atoms with Gasteiger partial charge in [-0.25, -0.2) is 19.7 Å². The van der Waals surface area contributed by atoms with Gasteiger partial charge in [-0.15, -0.1) is 0 Å². The van der Waals surface area contributed by atoms with Crippen molar-refractivity contribution in [2.24, 2.45) is 0 Å².